The molecule has 0 unspecified atom stereocenters. The average molecular weight is 430 g/mol. The third kappa shape index (κ3) is 4.71. The largest absolute Gasteiger partial charge is 0.493 e. The van der Waals surface area contributed by atoms with E-state index >= 15 is 0 Å². The summed E-state index contributed by atoms with van der Waals surface area (Å²) in [6.07, 6.45) is 1.77. The summed E-state index contributed by atoms with van der Waals surface area (Å²) in [5.74, 6) is 1.73. The Morgan fingerprint density at radius 2 is 1.90 bits per heavy atom. The van der Waals surface area contributed by atoms with E-state index in [4.69, 9.17) is 21.1 Å². The molecule has 0 aliphatic heterocycles. The first-order chi connectivity index (χ1) is 15.1. The molecule has 154 valence electrons. The van der Waals surface area contributed by atoms with E-state index in [9.17, 15) is 5.26 Å². The SMILES string of the molecule is COc1cc(/C=C(/C#N)c2nc3ccc(C)cc3[nH]2)ccc1OCc1ccc(Cl)cc1. The zero-order valence-electron chi connectivity index (χ0n) is 17.1. The highest BCUT2D eigenvalue weighted by molar-refractivity contribution is 6.30. The van der Waals surface area contributed by atoms with Crippen molar-refractivity contribution in [2.75, 3.05) is 7.11 Å². The van der Waals surface area contributed by atoms with Crippen molar-refractivity contribution in [3.8, 4) is 17.6 Å². The van der Waals surface area contributed by atoms with Crippen molar-refractivity contribution in [3.05, 3.63) is 88.2 Å². The summed E-state index contributed by atoms with van der Waals surface area (Å²) in [5, 5.41) is 10.4. The van der Waals surface area contributed by atoms with E-state index in [0.29, 0.717) is 34.5 Å². The monoisotopic (exact) mass is 429 g/mol. The molecule has 4 aromatic rings. The van der Waals surface area contributed by atoms with E-state index in [1.807, 2.05) is 67.6 Å². The molecule has 0 saturated heterocycles. The van der Waals surface area contributed by atoms with Crippen molar-refractivity contribution >= 4 is 34.3 Å². The highest BCUT2D eigenvalue weighted by Crippen LogP contribution is 2.30. The van der Waals surface area contributed by atoms with Gasteiger partial charge in [-0.3, -0.25) is 0 Å². The Labute approximate surface area is 185 Å². The Hall–Kier alpha value is -3.75. The van der Waals surface area contributed by atoms with Crippen LogP contribution < -0.4 is 9.47 Å². The Morgan fingerprint density at radius 1 is 1.10 bits per heavy atom. The Balaban J connectivity index is 1.58. The number of imidazole rings is 1. The van der Waals surface area contributed by atoms with Crippen LogP contribution in [0, 0.1) is 18.3 Å². The van der Waals surface area contributed by atoms with Gasteiger partial charge in [-0.05, 0) is 66.1 Å². The van der Waals surface area contributed by atoms with Gasteiger partial charge in [0, 0.05) is 5.02 Å². The van der Waals surface area contributed by atoms with E-state index in [1.165, 1.54) is 0 Å². The van der Waals surface area contributed by atoms with E-state index in [1.54, 1.807) is 13.2 Å². The molecular formula is C25H20ClN3O2. The van der Waals surface area contributed by atoms with Crippen LogP contribution in [0.3, 0.4) is 0 Å². The number of hydrogen-bond donors (Lipinski definition) is 1. The number of ether oxygens (including phenoxy) is 2. The third-order valence-electron chi connectivity index (χ3n) is 4.82. The molecule has 6 heteroatoms. The van der Waals surface area contributed by atoms with E-state index in [-0.39, 0.29) is 0 Å². The number of H-pyrrole nitrogens is 1. The maximum atomic E-state index is 9.69. The van der Waals surface area contributed by atoms with Gasteiger partial charge in [0.1, 0.15) is 18.5 Å². The molecule has 1 heterocycles. The Bertz CT molecular complexity index is 1300. The van der Waals surface area contributed by atoms with Gasteiger partial charge in [0.15, 0.2) is 11.5 Å². The van der Waals surface area contributed by atoms with Crippen molar-refractivity contribution in [2.45, 2.75) is 13.5 Å². The minimum Gasteiger partial charge on any atom is -0.493 e. The molecule has 0 aliphatic carbocycles. The molecule has 3 aromatic carbocycles. The number of nitrogens with zero attached hydrogens (tertiary/aromatic N) is 2. The third-order valence-corrected chi connectivity index (χ3v) is 5.07. The van der Waals surface area contributed by atoms with Crippen molar-refractivity contribution in [1.29, 1.82) is 5.26 Å². The standard InChI is InChI=1S/C25H20ClN3O2/c1-16-3-9-21-22(11-16)29-25(28-21)19(14-27)12-18-6-10-23(24(13-18)30-2)31-15-17-4-7-20(26)8-5-17/h3-13H,15H2,1-2H3,(H,28,29)/b19-12-. The van der Waals surface area contributed by atoms with Gasteiger partial charge >= 0.3 is 0 Å². The topological polar surface area (TPSA) is 70.9 Å². The minimum absolute atomic E-state index is 0.393. The van der Waals surface area contributed by atoms with Crippen molar-refractivity contribution in [1.82, 2.24) is 9.97 Å². The lowest BCUT2D eigenvalue weighted by Crippen LogP contribution is -1.98. The molecule has 0 atom stereocenters. The summed E-state index contributed by atoms with van der Waals surface area (Å²) in [5.41, 5.74) is 5.10. The van der Waals surface area contributed by atoms with Gasteiger partial charge in [-0.15, -0.1) is 0 Å². The minimum atomic E-state index is 0.393. The molecule has 0 bridgehead atoms. The molecule has 4 rings (SSSR count). The van der Waals surface area contributed by atoms with Gasteiger partial charge in [0.2, 0.25) is 0 Å². The smallest absolute Gasteiger partial charge is 0.161 e. The van der Waals surface area contributed by atoms with Gasteiger partial charge in [0.05, 0.1) is 23.7 Å². The fourth-order valence-electron chi connectivity index (χ4n) is 3.21. The van der Waals surface area contributed by atoms with E-state index in [0.717, 1.165) is 27.7 Å². The van der Waals surface area contributed by atoms with Crippen LogP contribution in [0.15, 0.2) is 60.7 Å². The molecule has 0 saturated carbocycles. The second-order valence-electron chi connectivity index (χ2n) is 7.10. The summed E-state index contributed by atoms with van der Waals surface area (Å²) in [7, 11) is 1.59. The van der Waals surface area contributed by atoms with Crippen molar-refractivity contribution in [2.24, 2.45) is 0 Å². The molecule has 1 N–H and O–H groups in total. The maximum Gasteiger partial charge on any atom is 0.161 e. The van der Waals surface area contributed by atoms with Crippen LogP contribution in [0.1, 0.15) is 22.5 Å². The first kappa shape index (κ1) is 20.5. The number of fused-ring (bicyclic) bond motifs is 1. The number of rotatable bonds is 6. The van der Waals surface area contributed by atoms with Crippen LogP contribution in [0.4, 0.5) is 0 Å². The number of aryl methyl sites for hydroxylation is 1. The van der Waals surface area contributed by atoms with Gasteiger partial charge < -0.3 is 14.5 Å². The normalized spacial score (nSPS) is 11.4. The Kier molecular flexibility index (Phi) is 5.92. The van der Waals surface area contributed by atoms with Gasteiger partial charge in [0.25, 0.3) is 0 Å². The Morgan fingerprint density at radius 3 is 2.65 bits per heavy atom. The molecule has 0 aliphatic rings. The predicted octanol–water partition coefficient (Wildman–Crippen LogP) is 6.18. The quantitative estimate of drug-likeness (QED) is 0.371. The fourth-order valence-corrected chi connectivity index (χ4v) is 3.33. The van der Waals surface area contributed by atoms with Crippen LogP contribution in [0.5, 0.6) is 11.5 Å². The van der Waals surface area contributed by atoms with E-state index in [2.05, 4.69) is 16.0 Å². The number of hydrogen-bond acceptors (Lipinski definition) is 4. The van der Waals surface area contributed by atoms with E-state index < -0.39 is 0 Å². The number of allylic oxidation sites excluding steroid dienone is 1. The van der Waals surface area contributed by atoms with Gasteiger partial charge in [-0.25, -0.2) is 4.98 Å². The van der Waals surface area contributed by atoms with Crippen LogP contribution in [-0.2, 0) is 6.61 Å². The molecule has 5 nitrogen and oxygen atoms in total. The first-order valence-electron chi connectivity index (χ1n) is 9.69. The summed E-state index contributed by atoms with van der Waals surface area (Å²) in [6.45, 7) is 2.41. The number of nitriles is 1. The maximum absolute atomic E-state index is 9.69. The zero-order chi connectivity index (χ0) is 21.8. The number of halogens is 1. The first-order valence-corrected chi connectivity index (χ1v) is 10.1. The van der Waals surface area contributed by atoms with Crippen LogP contribution in [-0.4, -0.2) is 17.1 Å². The zero-order valence-corrected chi connectivity index (χ0v) is 17.9. The van der Waals surface area contributed by atoms with Crippen LogP contribution >= 0.6 is 11.6 Å². The summed E-state index contributed by atoms with van der Waals surface area (Å²) >= 11 is 5.93. The summed E-state index contributed by atoms with van der Waals surface area (Å²) < 4.78 is 11.4. The number of benzene rings is 3. The molecule has 31 heavy (non-hydrogen) atoms. The molecule has 0 amide bonds. The lowest BCUT2D eigenvalue weighted by atomic mass is 10.1. The summed E-state index contributed by atoms with van der Waals surface area (Å²) in [6, 6.07) is 21.2. The van der Waals surface area contributed by atoms with Gasteiger partial charge in [-0.1, -0.05) is 35.9 Å². The number of aromatic amines is 1. The molecule has 0 spiro atoms. The fraction of sp³-hybridized carbons (Fsp3) is 0.120. The number of aromatic nitrogens is 2. The predicted molar refractivity (Wildman–Crippen MR) is 123 cm³/mol. The number of methoxy groups -OCH3 is 1. The van der Waals surface area contributed by atoms with Gasteiger partial charge in [-0.2, -0.15) is 5.26 Å². The highest BCUT2D eigenvalue weighted by atomic mass is 35.5. The molecular weight excluding hydrogens is 410 g/mol. The van der Waals surface area contributed by atoms with Crippen LogP contribution in [0.25, 0.3) is 22.7 Å². The second-order valence-corrected chi connectivity index (χ2v) is 7.54. The van der Waals surface area contributed by atoms with Crippen LogP contribution in [0.2, 0.25) is 5.02 Å². The lowest BCUT2D eigenvalue weighted by Gasteiger charge is -2.11. The second kappa shape index (κ2) is 8.95. The van der Waals surface area contributed by atoms with Crippen molar-refractivity contribution in [3.63, 3.8) is 0 Å². The lowest BCUT2D eigenvalue weighted by molar-refractivity contribution is 0.284. The molecule has 1 aromatic heterocycles. The average Bonchev–Trinajstić information content (AvgIpc) is 3.20. The van der Waals surface area contributed by atoms with Crippen molar-refractivity contribution < 1.29 is 9.47 Å². The molecule has 0 fully saturated rings. The number of nitrogens with one attached hydrogen (secondary N) is 1. The highest BCUT2D eigenvalue weighted by Gasteiger charge is 2.10. The summed E-state index contributed by atoms with van der Waals surface area (Å²) in [4.78, 5) is 7.76. The molecule has 0 radical (unpaired) electrons.